The molecule has 0 radical (unpaired) electrons. The summed E-state index contributed by atoms with van der Waals surface area (Å²) in [6.45, 7) is 5.52. The van der Waals surface area contributed by atoms with E-state index in [0.717, 1.165) is 37.9 Å². The van der Waals surface area contributed by atoms with Gasteiger partial charge in [-0.3, -0.25) is 4.99 Å². The van der Waals surface area contributed by atoms with Crippen molar-refractivity contribution in [2.75, 3.05) is 26.2 Å². The van der Waals surface area contributed by atoms with Crippen molar-refractivity contribution in [3.8, 4) is 0 Å². The summed E-state index contributed by atoms with van der Waals surface area (Å²) in [6.07, 6.45) is 5.75. The summed E-state index contributed by atoms with van der Waals surface area (Å²) in [4.78, 5) is 7.07. The fourth-order valence-corrected chi connectivity index (χ4v) is 3.98. The summed E-state index contributed by atoms with van der Waals surface area (Å²) < 4.78 is 0. The van der Waals surface area contributed by atoms with Crippen LogP contribution in [-0.2, 0) is 0 Å². The predicted octanol–water partition coefficient (Wildman–Crippen LogP) is 3.61. The Morgan fingerprint density at radius 2 is 1.88 bits per heavy atom. The van der Waals surface area contributed by atoms with Gasteiger partial charge in [0.2, 0.25) is 0 Å². The smallest absolute Gasteiger partial charge is 0.194 e. The van der Waals surface area contributed by atoms with E-state index >= 15 is 0 Å². The van der Waals surface area contributed by atoms with Crippen LogP contribution in [0.25, 0.3) is 0 Å². The van der Waals surface area contributed by atoms with Crippen LogP contribution in [0.15, 0.2) is 35.3 Å². The molecule has 2 N–H and O–H groups in total. The average Bonchev–Trinajstić information content (AvgIpc) is 3.06. The van der Waals surface area contributed by atoms with E-state index in [1.165, 1.54) is 31.2 Å². The van der Waals surface area contributed by atoms with Crippen LogP contribution in [0.3, 0.4) is 0 Å². The molecule has 0 bridgehead atoms. The fraction of sp³-hybridized carbons (Fsp3) is 0.650. The summed E-state index contributed by atoms with van der Waals surface area (Å²) in [5.41, 5.74) is 1.50. The molecule has 0 spiro atoms. The first-order valence-corrected chi connectivity index (χ1v) is 9.52. The van der Waals surface area contributed by atoms with Crippen LogP contribution >= 0.6 is 24.0 Å². The van der Waals surface area contributed by atoms with E-state index in [0.29, 0.717) is 12.5 Å². The maximum atomic E-state index is 9.75. The lowest BCUT2D eigenvalue weighted by Gasteiger charge is -2.28. The largest absolute Gasteiger partial charge is 0.391 e. The van der Waals surface area contributed by atoms with Crippen LogP contribution in [0.4, 0.5) is 0 Å². The molecule has 25 heavy (non-hydrogen) atoms. The third-order valence-corrected chi connectivity index (χ3v) is 5.41. The Bertz CT molecular complexity index is 529. The van der Waals surface area contributed by atoms with Crippen molar-refractivity contribution in [3.63, 3.8) is 0 Å². The van der Waals surface area contributed by atoms with Crippen LogP contribution in [-0.4, -0.2) is 48.2 Å². The molecule has 0 amide bonds. The molecule has 3 rings (SSSR count). The highest BCUT2D eigenvalue weighted by Crippen LogP contribution is 2.35. The summed E-state index contributed by atoms with van der Waals surface area (Å²) in [5.74, 6) is 2.42. The summed E-state index contributed by atoms with van der Waals surface area (Å²) in [7, 11) is 0. The molecule has 1 saturated carbocycles. The van der Waals surface area contributed by atoms with Crippen LogP contribution in [0.5, 0.6) is 0 Å². The van der Waals surface area contributed by atoms with Crippen molar-refractivity contribution >= 4 is 29.9 Å². The third kappa shape index (κ3) is 5.84. The highest BCUT2D eigenvalue weighted by atomic mass is 127. The van der Waals surface area contributed by atoms with Crippen LogP contribution < -0.4 is 5.32 Å². The van der Waals surface area contributed by atoms with Crippen molar-refractivity contribution in [2.45, 2.75) is 51.0 Å². The van der Waals surface area contributed by atoms with Gasteiger partial charge >= 0.3 is 0 Å². The number of benzene rings is 1. The van der Waals surface area contributed by atoms with Crippen LogP contribution in [0, 0.1) is 5.92 Å². The van der Waals surface area contributed by atoms with Gasteiger partial charge in [0, 0.05) is 26.2 Å². The molecule has 1 saturated heterocycles. The summed E-state index contributed by atoms with van der Waals surface area (Å²) >= 11 is 0. The van der Waals surface area contributed by atoms with Gasteiger partial charge in [-0.1, -0.05) is 30.3 Å². The number of guanidine groups is 1. The van der Waals surface area contributed by atoms with Gasteiger partial charge in [-0.05, 0) is 56.4 Å². The molecule has 2 aliphatic rings. The van der Waals surface area contributed by atoms with Crippen molar-refractivity contribution in [1.29, 1.82) is 0 Å². The maximum absolute atomic E-state index is 9.75. The molecule has 0 aromatic heterocycles. The number of β-amino-alcohol motifs (C(OH)–C–C–N with tert-alkyl or cyclic N) is 1. The maximum Gasteiger partial charge on any atom is 0.194 e. The minimum atomic E-state index is -0.199. The zero-order valence-corrected chi connectivity index (χ0v) is 17.6. The third-order valence-electron chi connectivity index (χ3n) is 5.41. The zero-order chi connectivity index (χ0) is 16.8. The number of aliphatic imine (C=N–C) groups is 1. The average molecular weight is 457 g/mol. The summed E-state index contributed by atoms with van der Waals surface area (Å²) in [6, 6.07) is 10.9. The molecule has 1 aliphatic heterocycles. The number of rotatable bonds is 4. The second kappa shape index (κ2) is 10.4. The number of nitrogens with one attached hydrogen (secondary N) is 1. The van der Waals surface area contributed by atoms with Crippen molar-refractivity contribution in [3.05, 3.63) is 35.9 Å². The molecule has 1 aliphatic carbocycles. The normalized spacial score (nSPS) is 27.0. The van der Waals surface area contributed by atoms with E-state index in [2.05, 4.69) is 47.5 Å². The first-order chi connectivity index (χ1) is 11.8. The first-order valence-electron chi connectivity index (χ1n) is 9.52. The number of nitrogens with zero attached hydrogens (tertiary/aromatic N) is 2. The molecule has 1 heterocycles. The second-order valence-electron chi connectivity index (χ2n) is 7.21. The lowest BCUT2D eigenvalue weighted by molar-refractivity contribution is 0.187. The monoisotopic (exact) mass is 457 g/mol. The molecule has 1 aromatic carbocycles. The van der Waals surface area contributed by atoms with E-state index in [4.69, 9.17) is 4.99 Å². The minimum absolute atomic E-state index is 0. The standard InChI is InChI=1S/C20H31N3O.HI/c1-2-21-20(23-13-12-19(24)15-23)22-14-16-8-10-18(11-9-16)17-6-4-3-5-7-17;/h3-7,16,18-19,24H,2,8-15H2,1H3,(H,21,22);1H/t16?,18?,19-;/m1./s1. The molecular formula is C20H32IN3O. The van der Waals surface area contributed by atoms with Gasteiger partial charge in [0.05, 0.1) is 6.10 Å². The number of aliphatic hydroxyl groups is 1. The Hall–Kier alpha value is -0.820. The molecule has 1 aromatic rings. The minimum Gasteiger partial charge on any atom is -0.391 e. The molecular weight excluding hydrogens is 425 g/mol. The quantitative estimate of drug-likeness (QED) is 0.413. The molecule has 4 nitrogen and oxygen atoms in total. The Morgan fingerprint density at radius 1 is 1.16 bits per heavy atom. The number of aliphatic hydroxyl groups excluding tert-OH is 1. The molecule has 140 valence electrons. The van der Waals surface area contributed by atoms with E-state index in [9.17, 15) is 5.11 Å². The number of hydrogen-bond acceptors (Lipinski definition) is 2. The van der Waals surface area contributed by atoms with Gasteiger partial charge in [0.15, 0.2) is 5.96 Å². The molecule has 5 heteroatoms. The van der Waals surface area contributed by atoms with Gasteiger partial charge in [0.1, 0.15) is 0 Å². The lowest BCUT2D eigenvalue weighted by Crippen LogP contribution is -2.40. The van der Waals surface area contributed by atoms with E-state index in [1.807, 2.05) is 0 Å². The van der Waals surface area contributed by atoms with Crippen LogP contribution in [0.2, 0.25) is 0 Å². The Kier molecular flexibility index (Phi) is 8.49. The Morgan fingerprint density at radius 3 is 2.48 bits per heavy atom. The topological polar surface area (TPSA) is 47.9 Å². The molecule has 0 unspecified atom stereocenters. The lowest BCUT2D eigenvalue weighted by atomic mass is 9.79. The van der Waals surface area contributed by atoms with Gasteiger partial charge in [0.25, 0.3) is 0 Å². The van der Waals surface area contributed by atoms with Crippen molar-refractivity contribution < 1.29 is 5.11 Å². The predicted molar refractivity (Wildman–Crippen MR) is 115 cm³/mol. The number of halogens is 1. The van der Waals surface area contributed by atoms with Crippen molar-refractivity contribution in [1.82, 2.24) is 10.2 Å². The Labute approximate surface area is 169 Å². The Balaban J connectivity index is 0.00000225. The van der Waals surface area contributed by atoms with Gasteiger partial charge in [-0.2, -0.15) is 0 Å². The van der Waals surface area contributed by atoms with Gasteiger partial charge in [-0.25, -0.2) is 0 Å². The number of likely N-dealkylation sites (tertiary alicyclic amines) is 1. The first kappa shape index (κ1) is 20.5. The number of hydrogen-bond donors (Lipinski definition) is 2. The zero-order valence-electron chi connectivity index (χ0n) is 15.2. The summed E-state index contributed by atoms with van der Waals surface area (Å²) in [5, 5.41) is 13.1. The van der Waals surface area contributed by atoms with E-state index in [-0.39, 0.29) is 30.1 Å². The molecule has 1 atom stereocenters. The molecule has 2 fully saturated rings. The van der Waals surface area contributed by atoms with Crippen LogP contribution in [0.1, 0.15) is 50.5 Å². The van der Waals surface area contributed by atoms with Gasteiger partial charge in [-0.15, -0.1) is 24.0 Å². The highest BCUT2D eigenvalue weighted by Gasteiger charge is 2.25. The highest BCUT2D eigenvalue weighted by molar-refractivity contribution is 14.0. The van der Waals surface area contributed by atoms with E-state index in [1.54, 1.807) is 0 Å². The fourth-order valence-electron chi connectivity index (χ4n) is 3.98. The van der Waals surface area contributed by atoms with E-state index < -0.39 is 0 Å². The SMILES string of the molecule is CCNC(=NCC1CCC(c2ccccc2)CC1)N1CC[C@@H](O)C1.I. The van der Waals surface area contributed by atoms with Gasteiger partial charge < -0.3 is 15.3 Å². The second-order valence-corrected chi connectivity index (χ2v) is 7.21. The van der Waals surface area contributed by atoms with Crippen molar-refractivity contribution in [2.24, 2.45) is 10.9 Å².